The Kier molecular flexibility index (Phi) is 3.98. The van der Waals surface area contributed by atoms with Gasteiger partial charge in [-0.25, -0.2) is 9.67 Å². The van der Waals surface area contributed by atoms with E-state index in [9.17, 15) is 4.79 Å². The van der Waals surface area contributed by atoms with Crippen molar-refractivity contribution in [3.63, 3.8) is 0 Å². The number of rotatable bonds is 2. The van der Waals surface area contributed by atoms with Gasteiger partial charge in [-0.1, -0.05) is 0 Å². The highest BCUT2D eigenvalue weighted by atomic mass is 16.5. The summed E-state index contributed by atoms with van der Waals surface area (Å²) in [6, 6.07) is 0.00765. The maximum absolute atomic E-state index is 12.6. The Morgan fingerprint density at radius 2 is 2.40 bits per heavy atom. The normalized spacial score (nSPS) is 31.2. The third kappa shape index (κ3) is 2.69. The van der Waals surface area contributed by atoms with Gasteiger partial charge in [-0.15, -0.1) is 0 Å². The second-order valence-electron chi connectivity index (χ2n) is 5.46. The van der Waals surface area contributed by atoms with Crippen LogP contribution in [0.15, 0.2) is 12.7 Å². The van der Waals surface area contributed by atoms with Crippen LogP contribution < -0.4 is 5.32 Å². The van der Waals surface area contributed by atoms with Gasteiger partial charge in [0.15, 0.2) is 0 Å². The number of morpholine rings is 1. The first-order chi connectivity index (χ1) is 9.75. The molecule has 1 aromatic heterocycles. The first kappa shape index (κ1) is 13.5. The molecule has 0 radical (unpaired) electrons. The molecular formula is C13H21N5O2. The number of amides is 1. The standard InChI is InChI=1S/C13H21N5O2/c1-10-12(15-4-6-20-10)13(19)17-5-2-3-11(7-17)18-9-14-8-16-18/h8-12,15H,2-7H2,1H3/t10-,11?,12+/m1/s1. The average Bonchev–Trinajstić information content (AvgIpc) is 3.01. The fourth-order valence-corrected chi connectivity index (χ4v) is 2.98. The molecular weight excluding hydrogens is 258 g/mol. The fourth-order valence-electron chi connectivity index (χ4n) is 2.98. The molecule has 1 unspecified atom stereocenters. The average molecular weight is 279 g/mol. The van der Waals surface area contributed by atoms with Crippen molar-refractivity contribution in [3.05, 3.63) is 12.7 Å². The van der Waals surface area contributed by atoms with Gasteiger partial charge in [0.1, 0.15) is 18.7 Å². The van der Waals surface area contributed by atoms with Crippen LogP contribution in [0.5, 0.6) is 0 Å². The molecule has 2 fully saturated rings. The van der Waals surface area contributed by atoms with Gasteiger partial charge in [0.25, 0.3) is 0 Å². The molecule has 3 rings (SSSR count). The molecule has 3 heterocycles. The molecule has 0 aliphatic carbocycles. The Labute approximate surface area is 118 Å². The summed E-state index contributed by atoms with van der Waals surface area (Å²) < 4.78 is 7.42. The lowest BCUT2D eigenvalue weighted by molar-refractivity contribution is -0.141. The number of nitrogens with one attached hydrogen (secondary N) is 1. The van der Waals surface area contributed by atoms with E-state index in [-0.39, 0.29) is 24.1 Å². The highest BCUT2D eigenvalue weighted by Gasteiger charge is 2.34. The van der Waals surface area contributed by atoms with Gasteiger partial charge >= 0.3 is 0 Å². The van der Waals surface area contributed by atoms with E-state index in [1.807, 2.05) is 16.5 Å². The first-order valence-electron chi connectivity index (χ1n) is 7.23. The third-order valence-electron chi connectivity index (χ3n) is 4.10. The van der Waals surface area contributed by atoms with Crippen molar-refractivity contribution in [3.8, 4) is 0 Å². The minimum Gasteiger partial charge on any atom is -0.375 e. The van der Waals surface area contributed by atoms with E-state index in [1.54, 1.807) is 12.7 Å². The number of hydrogen-bond acceptors (Lipinski definition) is 5. The molecule has 0 spiro atoms. The molecule has 0 saturated carbocycles. The summed E-state index contributed by atoms with van der Waals surface area (Å²) >= 11 is 0. The van der Waals surface area contributed by atoms with E-state index in [4.69, 9.17) is 4.74 Å². The van der Waals surface area contributed by atoms with Gasteiger partial charge < -0.3 is 15.0 Å². The molecule has 0 bridgehead atoms. The highest BCUT2D eigenvalue weighted by Crippen LogP contribution is 2.21. The Hall–Kier alpha value is -1.47. The van der Waals surface area contributed by atoms with Gasteiger partial charge in [-0.05, 0) is 19.8 Å². The third-order valence-corrected chi connectivity index (χ3v) is 4.10. The van der Waals surface area contributed by atoms with Gasteiger partial charge in [-0.3, -0.25) is 4.79 Å². The summed E-state index contributed by atoms with van der Waals surface area (Å²) in [6.07, 6.45) is 5.24. The molecule has 1 N–H and O–H groups in total. The molecule has 2 saturated heterocycles. The van der Waals surface area contributed by atoms with Crippen LogP contribution in [-0.4, -0.2) is 64.0 Å². The van der Waals surface area contributed by atoms with Crippen LogP contribution >= 0.6 is 0 Å². The van der Waals surface area contributed by atoms with Crippen LogP contribution in [0.3, 0.4) is 0 Å². The summed E-state index contributed by atoms with van der Waals surface area (Å²) in [5, 5.41) is 7.45. The van der Waals surface area contributed by atoms with Crippen LogP contribution in [0.25, 0.3) is 0 Å². The van der Waals surface area contributed by atoms with E-state index in [1.165, 1.54) is 0 Å². The van der Waals surface area contributed by atoms with Gasteiger partial charge in [0.2, 0.25) is 5.91 Å². The molecule has 110 valence electrons. The maximum atomic E-state index is 12.6. The first-order valence-corrected chi connectivity index (χ1v) is 7.23. The molecule has 1 aromatic rings. The molecule has 2 aliphatic heterocycles. The van der Waals surface area contributed by atoms with Crippen molar-refractivity contribution < 1.29 is 9.53 Å². The minimum absolute atomic E-state index is 0.0667. The molecule has 0 aromatic carbocycles. The molecule has 2 aliphatic rings. The minimum atomic E-state index is -0.224. The van der Waals surface area contributed by atoms with Crippen molar-refractivity contribution >= 4 is 5.91 Å². The Bertz CT molecular complexity index is 450. The van der Waals surface area contributed by atoms with Crippen molar-refractivity contribution in [2.75, 3.05) is 26.2 Å². The van der Waals surface area contributed by atoms with E-state index in [2.05, 4.69) is 15.4 Å². The van der Waals surface area contributed by atoms with Crippen LogP contribution in [0.4, 0.5) is 0 Å². The highest BCUT2D eigenvalue weighted by molar-refractivity contribution is 5.82. The van der Waals surface area contributed by atoms with E-state index in [0.717, 1.165) is 25.9 Å². The van der Waals surface area contributed by atoms with Crippen molar-refractivity contribution in [1.29, 1.82) is 0 Å². The van der Waals surface area contributed by atoms with Crippen LogP contribution in [0.1, 0.15) is 25.8 Å². The van der Waals surface area contributed by atoms with Gasteiger partial charge in [0.05, 0.1) is 18.8 Å². The lowest BCUT2D eigenvalue weighted by Crippen LogP contribution is -2.57. The second-order valence-corrected chi connectivity index (χ2v) is 5.46. The van der Waals surface area contributed by atoms with Crippen LogP contribution in [-0.2, 0) is 9.53 Å². The second kappa shape index (κ2) is 5.88. The van der Waals surface area contributed by atoms with E-state index >= 15 is 0 Å². The molecule has 20 heavy (non-hydrogen) atoms. The molecule has 1 amide bonds. The lowest BCUT2D eigenvalue weighted by Gasteiger charge is -2.37. The maximum Gasteiger partial charge on any atom is 0.242 e. The van der Waals surface area contributed by atoms with Gasteiger partial charge in [0, 0.05) is 19.6 Å². The summed E-state index contributed by atoms with van der Waals surface area (Å²) in [7, 11) is 0. The number of carbonyl (C=O) groups is 1. The van der Waals surface area contributed by atoms with Crippen molar-refractivity contribution in [2.45, 2.75) is 38.0 Å². The molecule has 3 atom stereocenters. The lowest BCUT2D eigenvalue weighted by atomic mass is 10.0. The number of likely N-dealkylation sites (tertiary alicyclic amines) is 1. The van der Waals surface area contributed by atoms with Crippen LogP contribution in [0.2, 0.25) is 0 Å². The van der Waals surface area contributed by atoms with Gasteiger partial charge in [-0.2, -0.15) is 5.10 Å². The summed E-state index contributed by atoms with van der Waals surface area (Å²) in [6.45, 7) is 4.88. The van der Waals surface area contributed by atoms with E-state index < -0.39 is 0 Å². The Morgan fingerprint density at radius 3 is 3.15 bits per heavy atom. The zero-order chi connectivity index (χ0) is 13.9. The zero-order valence-corrected chi connectivity index (χ0v) is 11.7. The summed E-state index contributed by atoms with van der Waals surface area (Å²) in [5.74, 6) is 0.141. The molecule has 7 nitrogen and oxygen atoms in total. The van der Waals surface area contributed by atoms with Crippen LogP contribution in [0, 0.1) is 0 Å². The SMILES string of the molecule is C[C@H]1OCCN[C@@H]1C(=O)N1CCCC(n2cncn2)C1. The fraction of sp³-hybridized carbons (Fsp3) is 0.769. The number of carbonyl (C=O) groups excluding carboxylic acids is 1. The number of aromatic nitrogens is 3. The summed E-state index contributed by atoms with van der Waals surface area (Å²) in [4.78, 5) is 18.5. The zero-order valence-electron chi connectivity index (χ0n) is 11.7. The van der Waals surface area contributed by atoms with Crippen molar-refractivity contribution in [2.24, 2.45) is 0 Å². The number of nitrogens with zero attached hydrogens (tertiary/aromatic N) is 4. The summed E-state index contributed by atoms with van der Waals surface area (Å²) in [5.41, 5.74) is 0. The topological polar surface area (TPSA) is 72.3 Å². The Balaban J connectivity index is 1.65. The van der Waals surface area contributed by atoms with Crippen molar-refractivity contribution in [1.82, 2.24) is 25.0 Å². The number of ether oxygens (including phenoxy) is 1. The molecule has 7 heteroatoms. The Morgan fingerprint density at radius 1 is 1.50 bits per heavy atom. The largest absolute Gasteiger partial charge is 0.375 e. The number of piperidine rings is 1. The number of hydrogen-bond donors (Lipinski definition) is 1. The van der Waals surface area contributed by atoms with E-state index in [0.29, 0.717) is 13.2 Å². The predicted molar refractivity (Wildman–Crippen MR) is 72.1 cm³/mol. The quantitative estimate of drug-likeness (QED) is 0.813. The smallest absolute Gasteiger partial charge is 0.242 e. The monoisotopic (exact) mass is 279 g/mol. The predicted octanol–water partition coefficient (Wildman–Crippen LogP) is -0.181.